The Labute approximate surface area is 202 Å². The predicted octanol–water partition coefficient (Wildman–Crippen LogP) is 5.51. The summed E-state index contributed by atoms with van der Waals surface area (Å²) in [5.74, 6) is 0.106. The van der Waals surface area contributed by atoms with Crippen LogP contribution in [0.4, 0.5) is 5.69 Å². The average molecular weight is 508 g/mol. The van der Waals surface area contributed by atoms with Gasteiger partial charge >= 0.3 is 0 Å². The Morgan fingerprint density at radius 2 is 1.70 bits per heavy atom. The number of nitrogens with one attached hydrogen (secondary N) is 2. The zero-order valence-electron chi connectivity index (χ0n) is 18.6. The summed E-state index contributed by atoms with van der Waals surface area (Å²) in [6, 6.07) is 21.1. The molecule has 0 unspecified atom stereocenters. The van der Waals surface area contributed by atoms with Crippen LogP contribution in [0.5, 0.6) is 5.75 Å². The number of nitrogens with zero attached hydrogens (tertiary/aromatic N) is 1. The fraction of sp³-hybridized carbons (Fsp3) is 0.192. The van der Waals surface area contributed by atoms with Gasteiger partial charge in [-0.1, -0.05) is 57.9 Å². The minimum Gasteiger partial charge on any atom is -0.488 e. The van der Waals surface area contributed by atoms with E-state index in [0.29, 0.717) is 12.4 Å². The topological polar surface area (TPSA) is 79.8 Å². The lowest BCUT2D eigenvalue weighted by Crippen LogP contribution is -2.21. The standard InChI is InChI=1S/C26H26BrN3O3/c1-18-7-12-23(19(2)15-18)29-25(31)13-14-26(32)30-28-16-21-5-3-4-6-24(21)33-17-20-8-10-22(27)11-9-20/h3-12,15-16H,13-14,17H2,1-2H3,(H,29,31)(H,30,32)/b28-16+. The summed E-state index contributed by atoms with van der Waals surface area (Å²) in [4.78, 5) is 24.2. The van der Waals surface area contributed by atoms with E-state index in [-0.39, 0.29) is 24.7 Å². The number of halogens is 1. The molecule has 0 spiro atoms. The lowest BCUT2D eigenvalue weighted by Gasteiger charge is -2.09. The molecule has 0 aromatic heterocycles. The van der Waals surface area contributed by atoms with Gasteiger partial charge in [-0.2, -0.15) is 5.10 Å². The molecule has 2 N–H and O–H groups in total. The van der Waals surface area contributed by atoms with Crippen LogP contribution in [0, 0.1) is 13.8 Å². The second-order valence-electron chi connectivity index (χ2n) is 7.61. The van der Waals surface area contributed by atoms with Crippen LogP contribution in [0.3, 0.4) is 0 Å². The van der Waals surface area contributed by atoms with Crippen LogP contribution in [0.1, 0.15) is 35.1 Å². The van der Waals surface area contributed by atoms with Gasteiger partial charge in [-0.15, -0.1) is 0 Å². The molecule has 0 aliphatic carbocycles. The van der Waals surface area contributed by atoms with E-state index in [1.54, 1.807) is 0 Å². The molecule has 0 bridgehead atoms. The quantitative estimate of drug-likeness (QED) is 0.295. The van der Waals surface area contributed by atoms with E-state index in [1.165, 1.54) is 6.21 Å². The van der Waals surface area contributed by atoms with Crippen molar-refractivity contribution >= 4 is 39.6 Å². The maximum atomic E-state index is 12.2. The summed E-state index contributed by atoms with van der Waals surface area (Å²) < 4.78 is 6.91. The predicted molar refractivity (Wildman–Crippen MR) is 134 cm³/mol. The molecular formula is C26H26BrN3O3. The smallest absolute Gasteiger partial charge is 0.240 e. The second-order valence-corrected chi connectivity index (χ2v) is 8.53. The summed E-state index contributed by atoms with van der Waals surface area (Å²) in [6.45, 7) is 4.35. The Hall–Kier alpha value is -3.45. The number of carbonyl (C=O) groups is 2. The van der Waals surface area contributed by atoms with Crippen molar-refractivity contribution in [2.24, 2.45) is 5.10 Å². The normalized spacial score (nSPS) is 10.8. The van der Waals surface area contributed by atoms with Crippen LogP contribution < -0.4 is 15.5 Å². The molecule has 2 amide bonds. The second kappa shape index (κ2) is 12.0. The third kappa shape index (κ3) is 7.88. The first-order valence-corrected chi connectivity index (χ1v) is 11.4. The molecule has 33 heavy (non-hydrogen) atoms. The van der Waals surface area contributed by atoms with Crippen LogP contribution in [-0.4, -0.2) is 18.0 Å². The van der Waals surface area contributed by atoms with E-state index in [4.69, 9.17) is 4.74 Å². The molecule has 0 saturated heterocycles. The number of amides is 2. The molecule has 7 heteroatoms. The number of hydrogen-bond donors (Lipinski definition) is 2. The molecule has 0 heterocycles. The molecule has 0 aliphatic heterocycles. The van der Waals surface area contributed by atoms with E-state index >= 15 is 0 Å². The van der Waals surface area contributed by atoms with Gasteiger partial charge in [0.25, 0.3) is 0 Å². The molecule has 0 radical (unpaired) electrons. The summed E-state index contributed by atoms with van der Waals surface area (Å²) >= 11 is 3.42. The maximum Gasteiger partial charge on any atom is 0.240 e. The number of hydrogen-bond acceptors (Lipinski definition) is 4. The molecular weight excluding hydrogens is 482 g/mol. The average Bonchev–Trinajstić information content (AvgIpc) is 2.80. The molecule has 0 saturated carbocycles. The largest absolute Gasteiger partial charge is 0.488 e. The van der Waals surface area contributed by atoms with E-state index in [1.807, 2.05) is 80.6 Å². The van der Waals surface area contributed by atoms with Crippen molar-refractivity contribution in [2.45, 2.75) is 33.3 Å². The van der Waals surface area contributed by atoms with Crippen molar-refractivity contribution in [1.82, 2.24) is 5.43 Å². The van der Waals surface area contributed by atoms with Gasteiger partial charge in [-0.25, -0.2) is 5.43 Å². The summed E-state index contributed by atoms with van der Waals surface area (Å²) in [7, 11) is 0. The van der Waals surface area contributed by atoms with Crippen LogP contribution in [0.2, 0.25) is 0 Å². The third-order valence-corrected chi connectivity index (χ3v) is 5.38. The fourth-order valence-electron chi connectivity index (χ4n) is 3.08. The highest BCUT2D eigenvalue weighted by atomic mass is 79.9. The fourth-order valence-corrected chi connectivity index (χ4v) is 3.35. The van der Waals surface area contributed by atoms with Crippen molar-refractivity contribution in [1.29, 1.82) is 0 Å². The van der Waals surface area contributed by atoms with E-state index < -0.39 is 0 Å². The zero-order chi connectivity index (χ0) is 23.6. The SMILES string of the molecule is Cc1ccc(NC(=O)CCC(=O)N/N=C/c2ccccc2OCc2ccc(Br)cc2)c(C)c1. The van der Waals surface area contributed by atoms with Crippen LogP contribution in [0.25, 0.3) is 0 Å². The number of para-hydroxylation sites is 1. The van der Waals surface area contributed by atoms with Crippen molar-refractivity contribution < 1.29 is 14.3 Å². The van der Waals surface area contributed by atoms with E-state index in [9.17, 15) is 9.59 Å². The molecule has 3 aromatic carbocycles. The van der Waals surface area contributed by atoms with Gasteiger partial charge in [-0.3, -0.25) is 9.59 Å². The molecule has 6 nitrogen and oxygen atoms in total. The van der Waals surface area contributed by atoms with E-state index in [0.717, 1.165) is 32.4 Å². The Balaban J connectivity index is 1.47. The number of benzene rings is 3. The van der Waals surface area contributed by atoms with Crippen molar-refractivity contribution in [2.75, 3.05) is 5.32 Å². The van der Waals surface area contributed by atoms with Gasteiger partial charge in [0.1, 0.15) is 12.4 Å². The van der Waals surface area contributed by atoms with Gasteiger partial charge in [-0.05, 0) is 55.3 Å². The number of rotatable bonds is 9. The Kier molecular flexibility index (Phi) is 8.78. The molecule has 0 atom stereocenters. The monoisotopic (exact) mass is 507 g/mol. The van der Waals surface area contributed by atoms with Gasteiger partial charge in [0.2, 0.25) is 11.8 Å². The highest BCUT2D eigenvalue weighted by molar-refractivity contribution is 9.10. The lowest BCUT2D eigenvalue weighted by molar-refractivity contribution is -0.124. The number of ether oxygens (including phenoxy) is 1. The minimum absolute atomic E-state index is 0.0375. The summed E-state index contributed by atoms with van der Waals surface area (Å²) in [6.07, 6.45) is 1.64. The molecule has 0 fully saturated rings. The van der Waals surface area contributed by atoms with Crippen molar-refractivity contribution in [3.8, 4) is 5.75 Å². The molecule has 0 aliphatic rings. The first-order chi connectivity index (χ1) is 15.9. The lowest BCUT2D eigenvalue weighted by atomic mass is 10.1. The Morgan fingerprint density at radius 3 is 2.45 bits per heavy atom. The van der Waals surface area contributed by atoms with Crippen LogP contribution in [-0.2, 0) is 16.2 Å². The third-order valence-electron chi connectivity index (χ3n) is 4.85. The van der Waals surface area contributed by atoms with Crippen molar-refractivity contribution in [3.05, 3.63) is 93.5 Å². The molecule has 3 aromatic rings. The Bertz CT molecular complexity index is 1140. The van der Waals surface area contributed by atoms with Crippen molar-refractivity contribution in [3.63, 3.8) is 0 Å². The van der Waals surface area contributed by atoms with Gasteiger partial charge in [0.15, 0.2) is 0 Å². The molecule has 3 rings (SSSR count). The first-order valence-electron chi connectivity index (χ1n) is 10.6. The maximum absolute atomic E-state index is 12.2. The highest BCUT2D eigenvalue weighted by Gasteiger charge is 2.08. The summed E-state index contributed by atoms with van der Waals surface area (Å²) in [5.41, 5.74) is 7.11. The number of carbonyl (C=O) groups excluding carboxylic acids is 2. The first kappa shape index (κ1) is 24.2. The van der Waals surface area contributed by atoms with Gasteiger partial charge < -0.3 is 10.1 Å². The zero-order valence-corrected chi connectivity index (χ0v) is 20.2. The minimum atomic E-state index is -0.338. The van der Waals surface area contributed by atoms with Crippen LogP contribution in [0.15, 0.2) is 76.3 Å². The van der Waals surface area contributed by atoms with E-state index in [2.05, 4.69) is 31.8 Å². The van der Waals surface area contributed by atoms with Gasteiger partial charge in [0.05, 0.1) is 6.21 Å². The number of aryl methyl sites for hydroxylation is 2. The number of anilines is 1. The Morgan fingerprint density at radius 1 is 0.970 bits per heavy atom. The summed E-state index contributed by atoms with van der Waals surface area (Å²) in [5, 5.41) is 6.85. The highest BCUT2D eigenvalue weighted by Crippen LogP contribution is 2.19. The van der Waals surface area contributed by atoms with Crippen LogP contribution >= 0.6 is 15.9 Å². The number of hydrazone groups is 1. The van der Waals surface area contributed by atoms with Gasteiger partial charge in [0, 0.05) is 28.6 Å². The molecule has 170 valence electrons.